The number of carbonyl (C=O) groups excluding carboxylic acids is 1. The highest BCUT2D eigenvalue weighted by molar-refractivity contribution is 7.60. The topological polar surface area (TPSA) is 197 Å². The molecule has 19 heavy (non-hydrogen) atoms. The second kappa shape index (κ2) is 7.00. The van der Waals surface area contributed by atoms with Gasteiger partial charge in [0, 0.05) is 0 Å². The molecule has 0 heterocycles. The van der Waals surface area contributed by atoms with Gasteiger partial charge in [0.2, 0.25) is 0 Å². The summed E-state index contributed by atoms with van der Waals surface area (Å²) < 4.78 is 29.0. The van der Waals surface area contributed by atoms with E-state index in [2.05, 4.69) is 8.83 Å². The Morgan fingerprint density at radius 2 is 1.68 bits per heavy atom. The zero-order valence-corrected chi connectivity index (χ0v) is 11.4. The van der Waals surface area contributed by atoms with Gasteiger partial charge in [0.1, 0.15) is 6.10 Å². The molecule has 0 saturated heterocycles. The van der Waals surface area contributed by atoms with Gasteiger partial charge in [0.25, 0.3) is 0 Å². The van der Waals surface area contributed by atoms with Crippen LogP contribution in [0.25, 0.3) is 0 Å². The average molecular weight is 323 g/mol. The number of aliphatic hydroxyl groups excluding tert-OH is 2. The van der Waals surface area contributed by atoms with E-state index in [0.29, 0.717) is 0 Å². The molecule has 11 nitrogen and oxygen atoms in total. The summed E-state index contributed by atoms with van der Waals surface area (Å²) in [6, 6.07) is -1.40. The van der Waals surface area contributed by atoms with E-state index in [-0.39, 0.29) is 6.29 Å². The van der Waals surface area contributed by atoms with Crippen LogP contribution in [0.2, 0.25) is 0 Å². The van der Waals surface area contributed by atoms with Crippen LogP contribution in [0, 0.1) is 0 Å². The highest BCUT2D eigenvalue weighted by Gasteiger charge is 2.39. The third-order valence-corrected chi connectivity index (χ3v) is 4.07. The van der Waals surface area contributed by atoms with Crippen molar-refractivity contribution in [1.29, 1.82) is 0 Å². The summed E-state index contributed by atoms with van der Waals surface area (Å²) in [5, 5.41) is 18.6. The van der Waals surface area contributed by atoms with E-state index in [1.165, 1.54) is 6.92 Å². The van der Waals surface area contributed by atoms with Gasteiger partial charge in [-0.05, 0) is 6.92 Å². The Kier molecular flexibility index (Phi) is 6.93. The standard InChI is InChI=1S/C6H15NO10P2/c1-3(9)5(7)6(10)4(2-8)16-19(14,15)17-18(11,12)13/h2-6,9-10H,7H2,1H3,(H,14,15)(H2,11,12,13)/t3-,4+,5-,6-/m1/s1. The second-order valence-electron chi connectivity index (χ2n) is 3.56. The maximum Gasteiger partial charge on any atom is 0.481 e. The molecule has 0 amide bonds. The monoisotopic (exact) mass is 323 g/mol. The molecule has 0 rings (SSSR count). The minimum absolute atomic E-state index is 0.126. The molecule has 5 atom stereocenters. The molecule has 0 bridgehead atoms. The highest BCUT2D eigenvalue weighted by Crippen LogP contribution is 2.58. The first-order chi connectivity index (χ1) is 8.39. The van der Waals surface area contributed by atoms with Crippen molar-refractivity contribution in [3.63, 3.8) is 0 Å². The van der Waals surface area contributed by atoms with Gasteiger partial charge in [0.15, 0.2) is 12.4 Å². The molecule has 1 unspecified atom stereocenters. The molecule has 13 heteroatoms. The van der Waals surface area contributed by atoms with E-state index in [1.54, 1.807) is 0 Å². The zero-order valence-electron chi connectivity index (χ0n) is 9.64. The van der Waals surface area contributed by atoms with Crippen LogP contribution in [-0.4, -0.2) is 55.5 Å². The fourth-order valence-corrected chi connectivity index (χ4v) is 2.69. The molecule has 0 aromatic carbocycles. The number of aliphatic hydroxyl groups is 2. The Balaban J connectivity index is 4.86. The molecule has 0 aliphatic rings. The summed E-state index contributed by atoms with van der Waals surface area (Å²) in [6.45, 7) is 1.18. The Labute approximate surface area is 107 Å². The highest BCUT2D eigenvalue weighted by atomic mass is 31.3. The lowest BCUT2D eigenvalue weighted by atomic mass is 10.0. The van der Waals surface area contributed by atoms with E-state index < -0.39 is 40.0 Å². The predicted molar refractivity (Wildman–Crippen MR) is 59.6 cm³/mol. The van der Waals surface area contributed by atoms with Crippen LogP contribution in [0.15, 0.2) is 0 Å². The first-order valence-corrected chi connectivity index (χ1v) is 7.77. The molecular weight excluding hydrogens is 308 g/mol. The van der Waals surface area contributed by atoms with Gasteiger partial charge in [-0.2, -0.15) is 4.31 Å². The third kappa shape index (κ3) is 7.23. The van der Waals surface area contributed by atoms with Crippen LogP contribution in [0.3, 0.4) is 0 Å². The Hall–Kier alpha value is -0.190. The molecule has 0 aromatic rings. The minimum Gasteiger partial charge on any atom is -0.392 e. The van der Waals surface area contributed by atoms with Crippen molar-refractivity contribution in [2.45, 2.75) is 31.3 Å². The van der Waals surface area contributed by atoms with E-state index in [1.807, 2.05) is 0 Å². The maximum absolute atomic E-state index is 11.1. The lowest BCUT2D eigenvalue weighted by Crippen LogP contribution is -2.50. The maximum atomic E-state index is 11.1. The number of nitrogens with two attached hydrogens (primary N) is 1. The Morgan fingerprint density at radius 3 is 2.00 bits per heavy atom. The number of aldehydes is 1. The van der Waals surface area contributed by atoms with Gasteiger partial charge < -0.3 is 35.4 Å². The van der Waals surface area contributed by atoms with Crippen LogP contribution in [0.1, 0.15) is 6.92 Å². The fourth-order valence-electron chi connectivity index (χ4n) is 0.980. The van der Waals surface area contributed by atoms with Gasteiger partial charge in [-0.25, -0.2) is 9.13 Å². The van der Waals surface area contributed by atoms with E-state index in [9.17, 15) is 19.0 Å². The minimum atomic E-state index is -5.34. The molecule has 0 radical (unpaired) electrons. The van der Waals surface area contributed by atoms with Crippen molar-refractivity contribution in [2.24, 2.45) is 5.73 Å². The number of phosphoric acid groups is 2. The first kappa shape index (κ1) is 18.8. The Morgan fingerprint density at radius 1 is 1.21 bits per heavy atom. The summed E-state index contributed by atoms with van der Waals surface area (Å²) in [4.78, 5) is 36.3. The van der Waals surface area contributed by atoms with Gasteiger partial charge in [0.05, 0.1) is 12.1 Å². The average Bonchev–Trinajstić information content (AvgIpc) is 2.20. The van der Waals surface area contributed by atoms with E-state index in [0.717, 1.165) is 0 Å². The molecule has 0 saturated carbocycles. The second-order valence-corrected chi connectivity index (χ2v) is 6.34. The molecular formula is C6H15NO10P2. The SMILES string of the molecule is C[C@@H](O)[C@@H](N)[C@H](O)[C@H](C=O)OP(=O)(O)OP(=O)(O)O. The first-order valence-electron chi connectivity index (χ1n) is 4.74. The van der Waals surface area contributed by atoms with Crippen molar-refractivity contribution < 1.29 is 47.7 Å². The summed E-state index contributed by atoms with van der Waals surface area (Å²) in [6.07, 6.45) is -5.31. The largest absolute Gasteiger partial charge is 0.481 e. The fraction of sp³-hybridized carbons (Fsp3) is 0.833. The lowest BCUT2D eigenvalue weighted by molar-refractivity contribution is -0.121. The smallest absolute Gasteiger partial charge is 0.392 e. The van der Waals surface area contributed by atoms with Crippen LogP contribution in [0.5, 0.6) is 0 Å². The zero-order chi connectivity index (χ0) is 15.4. The summed E-state index contributed by atoms with van der Waals surface area (Å²) >= 11 is 0. The van der Waals surface area contributed by atoms with Crippen LogP contribution < -0.4 is 5.73 Å². The molecule has 0 aliphatic carbocycles. The Bertz CT molecular complexity index is 393. The molecule has 0 spiro atoms. The van der Waals surface area contributed by atoms with Crippen LogP contribution >= 0.6 is 15.6 Å². The number of hydrogen-bond donors (Lipinski definition) is 6. The number of rotatable bonds is 8. The van der Waals surface area contributed by atoms with Gasteiger partial charge >= 0.3 is 15.6 Å². The molecule has 114 valence electrons. The normalized spacial score (nSPS) is 22.1. The van der Waals surface area contributed by atoms with Crippen molar-refractivity contribution >= 4 is 21.9 Å². The van der Waals surface area contributed by atoms with Crippen LogP contribution in [0.4, 0.5) is 0 Å². The van der Waals surface area contributed by atoms with Crippen molar-refractivity contribution in [3.05, 3.63) is 0 Å². The summed E-state index contributed by atoms with van der Waals surface area (Å²) in [7, 11) is -10.6. The number of phosphoric ester groups is 1. The molecule has 0 fully saturated rings. The predicted octanol–water partition coefficient (Wildman–Crippen LogP) is -2.15. The number of carbonyl (C=O) groups is 1. The third-order valence-electron chi connectivity index (χ3n) is 1.89. The van der Waals surface area contributed by atoms with Crippen molar-refractivity contribution in [2.75, 3.05) is 0 Å². The van der Waals surface area contributed by atoms with E-state index in [4.69, 9.17) is 25.5 Å². The quantitative estimate of drug-likeness (QED) is 0.210. The molecule has 0 aliphatic heterocycles. The summed E-state index contributed by atoms with van der Waals surface area (Å²) in [5.41, 5.74) is 5.28. The van der Waals surface area contributed by atoms with Crippen molar-refractivity contribution in [3.8, 4) is 0 Å². The van der Waals surface area contributed by atoms with Crippen molar-refractivity contribution in [1.82, 2.24) is 0 Å². The number of hydrogen-bond acceptors (Lipinski definition) is 8. The van der Waals surface area contributed by atoms with Gasteiger partial charge in [-0.15, -0.1) is 0 Å². The summed E-state index contributed by atoms with van der Waals surface area (Å²) in [5.74, 6) is 0. The lowest BCUT2D eigenvalue weighted by Gasteiger charge is -2.26. The molecule has 7 N–H and O–H groups in total. The van der Waals surface area contributed by atoms with Gasteiger partial charge in [-0.3, -0.25) is 4.52 Å². The molecule has 0 aromatic heterocycles. The van der Waals surface area contributed by atoms with Gasteiger partial charge in [-0.1, -0.05) is 0 Å². The van der Waals surface area contributed by atoms with E-state index >= 15 is 0 Å². The van der Waals surface area contributed by atoms with Crippen LogP contribution in [-0.2, 0) is 22.8 Å².